The van der Waals surface area contributed by atoms with Gasteiger partial charge in [0, 0.05) is 17.8 Å². The van der Waals surface area contributed by atoms with Gasteiger partial charge in [-0.05, 0) is 91.8 Å². The van der Waals surface area contributed by atoms with E-state index in [1.165, 1.54) is 44.9 Å². The molecule has 4 fully saturated rings. The van der Waals surface area contributed by atoms with Crippen LogP contribution < -0.4 is 0 Å². The van der Waals surface area contributed by atoms with Gasteiger partial charge in [-0.1, -0.05) is 59.1 Å². The van der Waals surface area contributed by atoms with Crippen LogP contribution in [0.3, 0.4) is 0 Å². The molecule has 0 radical (unpaired) electrons. The van der Waals surface area contributed by atoms with E-state index in [0.29, 0.717) is 23.5 Å². The zero-order valence-corrected chi connectivity index (χ0v) is 20.8. The normalized spacial score (nSPS) is 46.4. The predicted octanol–water partition coefficient (Wildman–Crippen LogP) is 6.96. The number of carbonyl (C=O) groups excluding carboxylic acids is 1. The van der Waals surface area contributed by atoms with Crippen LogP contribution in [-0.2, 0) is 4.79 Å². The number of hydrogen-bond acceptors (Lipinski definition) is 2. The Morgan fingerprint density at radius 3 is 2.45 bits per heavy atom. The van der Waals surface area contributed by atoms with E-state index < -0.39 is 0 Å². The number of aliphatic hydroxyl groups excluding tert-OH is 1. The third-order valence-corrected chi connectivity index (χ3v) is 11.3. The van der Waals surface area contributed by atoms with Crippen molar-refractivity contribution in [3.8, 4) is 0 Å². The molecule has 174 valence electrons. The molecule has 2 nitrogen and oxygen atoms in total. The summed E-state index contributed by atoms with van der Waals surface area (Å²) in [5, 5.41) is 10.8. The quantitative estimate of drug-likeness (QED) is 0.483. The molecule has 5 aliphatic carbocycles. The molecular weight excluding hydrogens is 380 g/mol. The minimum absolute atomic E-state index is 0.110. The van der Waals surface area contributed by atoms with Crippen molar-refractivity contribution in [2.75, 3.05) is 0 Å². The first-order chi connectivity index (χ1) is 14.6. The van der Waals surface area contributed by atoms with Crippen LogP contribution in [0.5, 0.6) is 0 Å². The maximum Gasteiger partial charge on any atom is 0.137 e. The molecule has 0 aliphatic heterocycles. The highest BCUT2D eigenvalue weighted by Crippen LogP contribution is 2.72. The summed E-state index contributed by atoms with van der Waals surface area (Å²) in [5.74, 6) is 4.14. The lowest BCUT2D eigenvalue weighted by molar-refractivity contribution is -0.124. The van der Waals surface area contributed by atoms with Gasteiger partial charge in [0.15, 0.2) is 0 Å². The largest absolute Gasteiger partial charge is 0.392 e. The fourth-order valence-corrected chi connectivity index (χ4v) is 9.63. The lowest BCUT2D eigenvalue weighted by Gasteiger charge is -2.59. The highest BCUT2D eigenvalue weighted by atomic mass is 16.3. The van der Waals surface area contributed by atoms with E-state index in [1.54, 1.807) is 5.57 Å². The molecule has 1 N–H and O–H groups in total. The lowest BCUT2D eigenvalue weighted by Crippen LogP contribution is -2.53. The van der Waals surface area contributed by atoms with E-state index in [4.69, 9.17) is 0 Å². The second kappa shape index (κ2) is 7.44. The van der Waals surface area contributed by atoms with Crippen molar-refractivity contribution in [2.45, 2.75) is 111 Å². The Kier molecular flexibility index (Phi) is 5.32. The summed E-state index contributed by atoms with van der Waals surface area (Å²) >= 11 is 0. The molecule has 31 heavy (non-hydrogen) atoms. The third-order valence-electron chi connectivity index (χ3n) is 11.3. The second-order valence-electron chi connectivity index (χ2n) is 13.4. The monoisotopic (exact) mass is 426 g/mol. The number of carbonyl (C=O) groups is 1. The molecule has 0 aromatic rings. The summed E-state index contributed by atoms with van der Waals surface area (Å²) in [6, 6.07) is 0. The van der Waals surface area contributed by atoms with Gasteiger partial charge in [0.2, 0.25) is 0 Å². The van der Waals surface area contributed by atoms with Crippen LogP contribution in [-0.4, -0.2) is 17.0 Å². The molecule has 8 atom stereocenters. The van der Waals surface area contributed by atoms with Gasteiger partial charge in [0.05, 0.1) is 6.10 Å². The molecule has 0 amide bonds. The SMILES string of the molecule is CC(C)CCC[C@@H](C)[C@H]1C(=O)C[C@H]2[C@@H]3CC=C4C5(CC5)[C@H](O)CC[C@]4(C)[C@H]3CC[C@]12C. The van der Waals surface area contributed by atoms with E-state index in [2.05, 4.69) is 40.7 Å². The summed E-state index contributed by atoms with van der Waals surface area (Å²) in [6.45, 7) is 12.0. The van der Waals surface area contributed by atoms with Gasteiger partial charge in [-0.2, -0.15) is 0 Å². The van der Waals surface area contributed by atoms with Crippen molar-refractivity contribution in [1.82, 2.24) is 0 Å². The van der Waals surface area contributed by atoms with E-state index in [-0.39, 0.29) is 28.3 Å². The summed E-state index contributed by atoms with van der Waals surface area (Å²) in [5.41, 5.74) is 2.25. The molecule has 0 unspecified atom stereocenters. The minimum atomic E-state index is -0.110. The van der Waals surface area contributed by atoms with E-state index >= 15 is 0 Å². The van der Waals surface area contributed by atoms with Crippen molar-refractivity contribution < 1.29 is 9.90 Å². The first-order valence-corrected chi connectivity index (χ1v) is 13.6. The fraction of sp³-hybridized carbons (Fsp3) is 0.897. The first-order valence-electron chi connectivity index (χ1n) is 13.6. The van der Waals surface area contributed by atoms with Crippen molar-refractivity contribution in [3.05, 3.63) is 11.6 Å². The lowest BCUT2D eigenvalue weighted by atomic mass is 9.45. The maximum atomic E-state index is 13.4. The molecule has 4 saturated carbocycles. The van der Waals surface area contributed by atoms with E-state index in [1.807, 2.05) is 0 Å². The van der Waals surface area contributed by atoms with Crippen LogP contribution in [0.1, 0.15) is 105 Å². The Morgan fingerprint density at radius 2 is 1.77 bits per heavy atom. The molecule has 0 aromatic carbocycles. The maximum absolute atomic E-state index is 13.4. The molecule has 1 spiro atoms. The highest BCUT2D eigenvalue weighted by molar-refractivity contribution is 5.85. The molecule has 0 bridgehead atoms. The van der Waals surface area contributed by atoms with Crippen molar-refractivity contribution >= 4 is 5.78 Å². The molecule has 0 aromatic heterocycles. The summed E-state index contributed by atoms with van der Waals surface area (Å²) in [4.78, 5) is 13.4. The van der Waals surface area contributed by atoms with Crippen LogP contribution in [0.4, 0.5) is 0 Å². The van der Waals surface area contributed by atoms with Crippen LogP contribution in [0.2, 0.25) is 0 Å². The van der Waals surface area contributed by atoms with E-state index in [0.717, 1.165) is 37.5 Å². The number of Topliss-reactive ketones (excluding diaryl/α,β-unsaturated/α-hetero) is 1. The standard InChI is InChI=1S/C29H46O2/c1-18(2)7-6-8-19(3)26-23(30)17-22-20-9-10-24-27(4,21(20)11-13-28(22,26)5)14-12-25(31)29(24)15-16-29/h10,18-22,25-26,31H,6-9,11-17H2,1-5H3/t19-,20-,21+,22+,25-,26+,27-,28+/m1/s1. The molecule has 2 heteroatoms. The van der Waals surface area contributed by atoms with Crippen LogP contribution >= 0.6 is 0 Å². The van der Waals surface area contributed by atoms with Crippen LogP contribution in [0, 0.1) is 51.8 Å². The van der Waals surface area contributed by atoms with Gasteiger partial charge in [0.25, 0.3) is 0 Å². The average Bonchev–Trinajstić information content (AvgIpc) is 3.43. The van der Waals surface area contributed by atoms with Gasteiger partial charge in [-0.3, -0.25) is 4.79 Å². The third kappa shape index (κ3) is 3.17. The molecular formula is C29H46O2. The Hall–Kier alpha value is -0.630. The average molecular weight is 427 g/mol. The Labute approximate surface area is 190 Å². The van der Waals surface area contributed by atoms with Gasteiger partial charge < -0.3 is 5.11 Å². The summed E-state index contributed by atoms with van der Waals surface area (Å²) in [7, 11) is 0. The van der Waals surface area contributed by atoms with Gasteiger partial charge in [-0.25, -0.2) is 0 Å². The zero-order chi connectivity index (χ0) is 22.2. The fourth-order valence-electron chi connectivity index (χ4n) is 9.63. The van der Waals surface area contributed by atoms with Crippen molar-refractivity contribution in [1.29, 1.82) is 0 Å². The number of allylic oxidation sites excluding steroid dienone is 1. The Balaban J connectivity index is 1.39. The number of ketones is 1. The minimum Gasteiger partial charge on any atom is -0.392 e. The van der Waals surface area contributed by atoms with Crippen molar-refractivity contribution in [2.24, 2.45) is 51.8 Å². The summed E-state index contributed by atoms with van der Waals surface area (Å²) in [6.07, 6.45) is 15.3. The molecule has 0 heterocycles. The van der Waals surface area contributed by atoms with Gasteiger partial charge in [0.1, 0.15) is 5.78 Å². The Bertz CT molecular complexity index is 761. The second-order valence-corrected chi connectivity index (χ2v) is 13.4. The number of rotatable bonds is 5. The Morgan fingerprint density at radius 1 is 1.03 bits per heavy atom. The number of hydrogen-bond donors (Lipinski definition) is 1. The van der Waals surface area contributed by atoms with Crippen LogP contribution in [0.25, 0.3) is 0 Å². The summed E-state index contributed by atoms with van der Waals surface area (Å²) < 4.78 is 0. The first kappa shape index (κ1) is 22.2. The molecule has 5 rings (SSSR count). The number of fused-ring (bicyclic) bond motifs is 6. The van der Waals surface area contributed by atoms with Gasteiger partial charge in [-0.15, -0.1) is 0 Å². The zero-order valence-electron chi connectivity index (χ0n) is 20.8. The van der Waals surface area contributed by atoms with Gasteiger partial charge >= 0.3 is 0 Å². The van der Waals surface area contributed by atoms with Crippen molar-refractivity contribution in [3.63, 3.8) is 0 Å². The smallest absolute Gasteiger partial charge is 0.137 e. The highest BCUT2D eigenvalue weighted by Gasteiger charge is 2.66. The molecule has 0 saturated heterocycles. The molecule has 5 aliphatic rings. The predicted molar refractivity (Wildman–Crippen MR) is 126 cm³/mol. The van der Waals surface area contributed by atoms with E-state index in [9.17, 15) is 9.90 Å². The topological polar surface area (TPSA) is 37.3 Å². The number of aliphatic hydroxyl groups is 1. The van der Waals surface area contributed by atoms with Crippen LogP contribution in [0.15, 0.2) is 11.6 Å².